The van der Waals surface area contributed by atoms with Gasteiger partial charge in [0.1, 0.15) is 6.04 Å². The van der Waals surface area contributed by atoms with E-state index >= 15 is 0 Å². The molecule has 1 N–H and O–H groups in total. The second-order valence-electron chi connectivity index (χ2n) is 5.25. The van der Waals surface area contributed by atoms with Crippen LogP contribution in [0.4, 0.5) is 0 Å². The molecule has 2 rings (SSSR count). The number of nitrogens with zero attached hydrogens (tertiary/aromatic N) is 1. The Balaban J connectivity index is 2.28. The number of hydrogen-bond acceptors (Lipinski definition) is 3. The van der Waals surface area contributed by atoms with Crippen LogP contribution in [0.1, 0.15) is 33.1 Å². The van der Waals surface area contributed by atoms with Crippen LogP contribution in [-0.4, -0.2) is 33.8 Å². The zero-order chi connectivity index (χ0) is 12.1. The van der Waals surface area contributed by atoms with E-state index in [4.69, 9.17) is 5.11 Å². The molecule has 16 heavy (non-hydrogen) atoms. The third-order valence-electron chi connectivity index (χ3n) is 3.26. The molecule has 2 fully saturated rings. The van der Waals surface area contributed by atoms with Crippen molar-refractivity contribution in [2.24, 2.45) is 11.3 Å². The first-order chi connectivity index (χ1) is 7.34. The van der Waals surface area contributed by atoms with Gasteiger partial charge in [-0.05, 0) is 18.8 Å². The van der Waals surface area contributed by atoms with Gasteiger partial charge in [0.15, 0.2) is 0 Å². The molecule has 0 aromatic heterocycles. The van der Waals surface area contributed by atoms with Crippen molar-refractivity contribution in [1.29, 1.82) is 0 Å². The van der Waals surface area contributed by atoms with Crippen LogP contribution in [0, 0.1) is 11.3 Å². The average Bonchev–Trinajstić information content (AvgIpc) is 2.90. The number of carbonyl (C=O) groups excluding carboxylic acids is 2. The quantitative estimate of drug-likeness (QED) is 0.715. The van der Waals surface area contributed by atoms with Gasteiger partial charge in [0.05, 0.1) is 5.41 Å². The summed E-state index contributed by atoms with van der Waals surface area (Å²) in [5.41, 5.74) is -0.750. The molecule has 2 amide bonds. The SMILES string of the molecule is CC1(C)CC(=O)N(C(C(=O)O)C2CC2)C1=O. The third kappa shape index (κ3) is 1.60. The van der Waals surface area contributed by atoms with E-state index in [1.165, 1.54) is 0 Å². The molecule has 1 unspecified atom stereocenters. The molecule has 0 aromatic carbocycles. The van der Waals surface area contributed by atoms with Gasteiger partial charge in [0, 0.05) is 6.42 Å². The van der Waals surface area contributed by atoms with E-state index in [1.807, 2.05) is 0 Å². The lowest BCUT2D eigenvalue weighted by Gasteiger charge is -2.24. The molecule has 1 heterocycles. The van der Waals surface area contributed by atoms with Gasteiger partial charge >= 0.3 is 5.97 Å². The lowest BCUT2D eigenvalue weighted by molar-refractivity contribution is -0.156. The monoisotopic (exact) mass is 225 g/mol. The van der Waals surface area contributed by atoms with Crippen molar-refractivity contribution in [3.8, 4) is 0 Å². The van der Waals surface area contributed by atoms with Crippen molar-refractivity contribution in [1.82, 2.24) is 4.90 Å². The normalized spacial score (nSPS) is 26.0. The Morgan fingerprint density at radius 1 is 1.44 bits per heavy atom. The fourth-order valence-corrected chi connectivity index (χ4v) is 2.19. The van der Waals surface area contributed by atoms with Crippen LogP contribution in [0.15, 0.2) is 0 Å². The molecule has 5 heteroatoms. The fraction of sp³-hybridized carbons (Fsp3) is 0.727. The van der Waals surface area contributed by atoms with E-state index in [2.05, 4.69) is 0 Å². The number of carboxylic acid groups (broad SMARTS) is 1. The Labute approximate surface area is 93.4 Å². The predicted molar refractivity (Wildman–Crippen MR) is 54.4 cm³/mol. The zero-order valence-corrected chi connectivity index (χ0v) is 9.40. The number of amides is 2. The molecule has 1 saturated carbocycles. The minimum Gasteiger partial charge on any atom is -0.480 e. The van der Waals surface area contributed by atoms with Gasteiger partial charge in [-0.25, -0.2) is 4.79 Å². The standard InChI is InChI=1S/C11H15NO4/c1-11(2)5-7(13)12(10(11)16)8(9(14)15)6-3-4-6/h6,8H,3-5H2,1-2H3,(H,14,15). The van der Waals surface area contributed by atoms with Crippen LogP contribution >= 0.6 is 0 Å². The van der Waals surface area contributed by atoms with Gasteiger partial charge in [0.2, 0.25) is 11.8 Å². The van der Waals surface area contributed by atoms with E-state index in [0.29, 0.717) is 0 Å². The van der Waals surface area contributed by atoms with Crippen molar-refractivity contribution in [3.05, 3.63) is 0 Å². The van der Waals surface area contributed by atoms with Gasteiger partial charge in [-0.15, -0.1) is 0 Å². The molecular formula is C11H15NO4. The maximum absolute atomic E-state index is 12.0. The highest BCUT2D eigenvalue weighted by molar-refractivity contribution is 6.08. The summed E-state index contributed by atoms with van der Waals surface area (Å²) in [7, 11) is 0. The topological polar surface area (TPSA) is 74.7 Å². The minimum atomic E-state index is -1.07. The average molecular weight is 225 g/mol. The van der Waals surface area contributed by atoms with Gasteiger partial charge in [-0.1, -0.05) is 13.8 Å². The number of carbonyl (C=O) groups is 3. The summed E-state index contributed by atoms with van der Waals surface area (Å²) in [6.07, 6.45) is 1.69. The molecule has 0 radical (unpaired) electrons. The molecule has 0 aromatic rings. The van der Waals surface area contributed by atoms with Crippen LogP contribution in [0.3, 0.4) is 0 Å². The summed E-state index contributed by atoms with van der Waals surface area (Å²) in [6, 6.07) is -0.943. The van der Waals surface area contributed by atoms with Gasteiger partial charge in [-0.2, -0.15) is 0 Å². The van der Waals surface area contributed by atoms with Gasteiger partial charge < -0.3 is 5.11 Å². The summed E-state index contributed by atoms with van der Waals surface area (Å²) in [4.78, 5) is 35.8. The number of imide groups is 1. The lowest BCUT2D eigenvalue weighted by atomic mass is 9.92. The lowest BCUT2D eigenvalue weighted by Crippen LogP contribution is -2.47. The van der Waals surface area contributed by atoms with Crippen molar-refractivity contribution in [3.63, 3.8) is 0 Å². The van der Waals surface area contributed by atoms with Crippen molar-refractivity contribution >= 4 is 17.8 Å². The summed E-state index contributed by atoms with van der Waals surface area (Å²) in [6.45, 7) is 3.36. The summed E-state index contributed by atoms with van der Waals surface area (Å²) in [5, 5.41) is 9.10. The van der Waals surface area contributed by atoms with Crippen molar-refractivity contribution in [2.75, 3.05) is 0 Å². The minimum absolute atomic E-state index is 0.0423. The van der Waals surface area contributed by atoms with E-state index < -0.39 is 17.4 Å². The fourth-order valence-electron chi connectivity index (χ4n) is 2.19. The highest BCUT2D eigenvalue weighted by atomic mass is 16.4. The Bertz CT molecular complexity index is 370. The first-order valence-electron chi connectivity index (χ1n) is 5.44. The Morgan fingerprint density at radius 2 is 2.00 bits per heavy atom. The van der Waals surface area contributed by atoms with Crippen molar-refractivity contribution in [2.45, 2.75) is 39.2 Å². The first kappa shape index (κ1) is 11.1. The first-order valence-corrected chi connectivity index (χ1v) is 5.44. The highest BCUT2D eigenvalue weighted by Crippen LogP contribution is 2.41. The number of rotatable bonds is 3. The molecule has 1 saturated heterocycles. The zero-order valence-electron chi connectivity index (χ0n) is 9.40. The Hall–Kier alpha value is -1.39. The van der Waals surface area contributed by atoms with Gasteiger partial charge in [-0.3, -0.25) is 14.5 Å². The number of hydrogen-bond donors (Lipinski definition) is 1. The number of aliphatic carboxylic acids is 1. The number of carboxylic acids is 1. The summed E-state index contributed by atoms with van der Waals surface area (Å²) >= 11 is 0. The number of likely N-dealkylation sites (tertiary alicyclic amines) is 1. The molecule has 1 aliphatic carbocycles. The molecule has 1 aliphatic heterocycles. The van der Waals surface area contributed by atoms with Crippen molar-refractivity contribution < 1.29 is 19.5 Å². The smallest absolute Gasteiger partial charge is 0.327 e. The second kappa shape index (κ2) is 3.30. The second-order valence-corrected chi connectivity index (χ2v) is 5.25. The van der Waals surface area contributed by atoms with Crippen LogP contribution in [0.25, 0.3) is 0 Å². The largest absolute Gasteiger partial charge is 0.480 e. The van der Waals surface area contributed by atoms with Crippen LogP contribution in [0.2, 0.25) is 0 Å². The maximum Gasteiger partial charge on any atom is 0.327 e. The molecule has 5 nitrogen and oxygen atoms in total. The summed E-state index contributed by atoms with van der Waals surface area (Å²) < 4.78 is 0. The van der Waals surface area contributed by atoms with Crippen LogP contribution in [-0.2, 0) is 14.4 Å². The molecule has 2 aliphatic rings. The van der Waals surface area contributed by atoms with E-state index in [9.17, 15) is 14.4 Å². The molecule has 0 bridgehead atoms. The molecule has 88 valence electrons. The molecule has 0 spiro atoms. The van der Waals surface area contributed by atoms with E-state index in [1.54, 1.807) is 13.8 Å². The molecular weight excluding hydrogens is 210 g/mol. The Kier molecular flexibility index (Phi) is 2.29. The highest BCUT2D eigenvalue weighted by Gasteiger charge is 2.53. The molecule has 1 atom stereocenters. The van der Waals surface area contributed by atoms with Crippen LogP contribution in [0.5, 0.6) is 0 Å². The van der Waals surface area contributed by atoms with E-state index in [-0.39, 0.29) is 24.2 Å². The van der Waals surface area contributed by atoms with Gasteiger partial charge in [0.25, 0.3) is 0 Å². The third-order valence-corrected chi connectivity index (χ3v) is 3.26. The Morgan fingerprint density at radius 3 is 2.31 bits per heavy atom. The van der Waals surface area contributed by atoms with E-state index in [0.717, 1.165) is 17.7 Å². The maximum atomic E-state index is 12.0. The predicted octanol–water partition coefficient (Wildman–Crippen LogP) is 0.635. The van der Waals surface area contributed by atoms with Crippen LogP contribution < -0.4 is 0 Å². The summed E-state index contributed by atoms with van der Waals surface area (Å²) in [5.74, 6) is -1.81.